The first-order chi connectivity index (χ1) is 32.3. The van der Waals surface area contributed by atoms with Gasteiger partial charge in [-0.15, -0.1) is 0 Å². The molecule has 2 aliphatic heterocycles. The number of nitrogens with one attached hydrogen (secondary N) is 8. The topological polar surface area (TPSA) is 391 Å². The Morgan fingerprint density at radius 2 is 1.43 bits per heavy atom. The van der Waals surface area contributed by atoms with Gasteiger partial charge in [-0.3, -0.25) is 52.7 Å². The summed E-state index contributed by atoms with van der Waals surface area (Å²) in [6.45, 7) is 3.17. The Kier molecular flexibility index (Phi) is 23.5. The Labute approximate surface area is 401 Å². The van der Waals surface area contributed by atoms with E-state index in [1.54, 1.807) is 44.2 Å². The van der Waals surface area contributed by atoms with Gasteiger partial charge >= 0.3 is 0 Å². The second-order valence-electron chi connectivity index (χ2n) is 16.4. The predicted molar refractivity (Wildman–Crippen MR) is 252 cm³/mol. The smallest absolute Gasteiger partial charge is 0.246 e. The first kappa shape index (κ1) is 56.3. The van der Waals surface area contributed by atoms with Crippen LogP contribution in [0.25, 0.3) is 0 Å². The van der Waals surface area contributed by atoms with Crippen molar-refractivity contribution in [1.29, 1.82) is 0 Å². The number of nitrogens with two attached hydrogens (primary N) is 4. The molecule has 0 aliphatic carbocycles. The van der Waals surface area contributed by atoms with Gasteiger partial charge < -0.3 is 70.4 Å². The van der Waals surface area contributed by atoms with Crippen molar-refractivity contribution in [3.05, 3.63) is 35.9 Å². The Morgan fingerprint density at radius 1 is 0.809 bits per heavy atom. The highest BCUT2D eigenvalue weighted by atomic mass is 33.1. The fourth-order valence-electron chi connectivity index (χ4n) is 7.15. The van der Waals surface area contributed by atoms with Crippen molar-refractivity contribution in [2.24, 2.45) is 28.9 Å². The average molecular weight is 992 g/mol. The van der Waals surface area contributed by atoms with E-state index >= 15 is 0 Å². The number of hydrogen-bond acceptors (Lipinski definition) is 15. The van der Waals surface area contributed by atoms with Gasteiger partial charge in [0.1, 0.15) is 42.3 Å². The number of hydrogen-bond donors (Lipinski definition) is 12. The van der Waals surface area contributed by atoms with Crippen LogP contribution < -0.4 is 65.5 Å². The number of amides is 11. The van der Waals surface area contributed by atoms with Crippen molar-refractivity contribution in [2.75, 3.05) is 38.2 Å². The molecule has 26 heteroatoms. The highest BCUT2D eigenvalue weighted by molar-refractivity contribution is 8.76. The maximum atomic E-state index is 14.5. The van der Waals surface area contributed by atoms with Crippen LogP contribution in [0.1, 0.15) is 64.4 Å². The summed E-state index contributed by atoms with van der Waals surface area (Å²) in [4.78, 5) is 149. The second-order valence-corrected chi connectivity index (χ2v) is 18.9. The van der Waals surface area contributed by atoms with Crippen molar-refractivity contribution in [2.45, 2.75) is 114 Å². The summed E-state index contributed by atoms with van der Waals surface area (Å²) in [6, 6.07) is -2.16. The lowest BCUT2D eigenvalue weighted by atomic mass is 9.96. The number of likely N-dealkylation sites (tertiary alicyclic amines) is 1. The molecule has 2 heterocycles. The van der Waals surface area contributed by atoms with Crippen LogP contribution in [-0.4, -0.2) is 156 Å². The third-order valence-corrected chi connectivity index (χ3v) is 13.6. The Hall–Kier alpha value is -5.99. The highest BCUT2D eigenvalue weighted by Crippen LogP contribution is 2.26. The number of nitrogens with zero attached hydrogens (tertiary/aromatic N) is 1. The molecular weight excluding hydrogens is 927 g/mol. The molecule has 2 saturated heterocycles. The minimum Gasteiger partial charge on any atom is -0.370 e. The lowest BCUT2D eigenvalue weighted by molar-refractivity contribution is -0.142. The number of carbonyl (C=O) groups is 11. The SMILES string of the molecule is CC[C@H](C)[C@@H]1NC(=O)[C@H](Cc2ccccc2)NC(=O)[C@@H](N)CSSC[C@@H](C(=O)N2CCC[C@H]2C(=O)N[C@@H](CCCN)C(=O)NCC(N)=O)NC(=O)[C@H](CC(N)=O)NC(=O)[C@H](CC(=O)NC)NC1=O. The normalized spacial score (nSPS) is 24.3. The molecule has 3 rings (SSSR count). The van der Waals surface area contributed by atoms with Gasteiger partial charge in [0.2, 0.25) is 65.0 Å². The molecule has 9 atom stereocenters. The molecule has 0 spiro atoms. The van der Waals surface area contributed by atoms with Crippen LogP contribution in [0.5, 0.6) is 0 Å². The number of benzene rings is 1. The summed E-state index contributed by atoms with van der Waals surface area (Å²) in [5.41, 5.74) is 23.3. The zero-order chi connectivity index (χ0) is 50.5. The molecule has 1 aromatic rings. The lowest BCUT2D eigenvalue weighted by Crippen LogP contribution is -2.62. The zero-order valence-electron chi connectivity index (χ0n) is 38.3. The molecule has 1 aromatic carbocycles. The first-order valence-corrected chi connectivity index (χ1v) is 24.7. The largest absolute Gasteiger partial charge is 0.370 e. The van der Waals surface area contributed by atoms with Crippen LogP contribution in [0.4, 0.5) is 0 Å². The van der Waals surface area contributed by atoms with Crippen LogP contribution in [0, 0.1) is 5.92 Å². The zero-order valence-corrected chi connectivity index (χ0v) is 40.0. The van der Waals surface area contributed by atoms with Crippen molar-refractivity contribution in [3.8, 4) is 0 Å². The van der Waals surface area contributed by atoms with Gasteiger partial charge in [-0.25, -0.2) is 0 Å². The van der Waals surface area contributed by atoms with Gasteiger partial charge in [0.25, 0.3) is 0 Å². The molecule has 2 aliphatic rings. The lowest BCUT2D eigenvalue weighted by Gasteiger charge is -2.31. The quantitative estimate of drug-likeness (QED) is 0.0653. The van der Waals surface area contributed by atoms with E-state index in [1.807, 2.05) is 0 Å². The summed E-state index contributed by atoms with van der Waals surface area (Å²) in [7, 11) is 3.37. The fraction of sp³-hybridized carbons (Fsp3) is 0.595. The summed E-state index contributed by atoms with van der Waals surface area (Å²) in [5.74, 6) is -10.1. The van der Waals surface area contributed by atoms with Crippen LogP contribution in [0.3, 0.4) is 0 Å². The van der Waals surface area contributed by atoms with Crippen LogP contribution in [0.2, 0.25) is 0 Å². The van der Waals surface area contributed by atoms with Crippen molar-refractivity contribution in [3.63, 3.8) is 0 Å². The monoisotopic (exact) mass is 991 g/mol. The molecule has 0 bridgehead atoms. The van der Waals surface area contributed by atoms with Crippen LogP contribution in [-0.2, 0) is 59.2 Å². The van der Waals surface area contributed by atoms with E-state index < -0.39 is 139 Å². The first-order valence-electron chi connectivity index (χ1n) is 22.2. The Balaban J connectivity index is 2.04. The van der Waals surface area contributed by atoms with Gasteiger partial charge in [0.05, 0.1) is 25.4 Å². The standard InChI is InChI=1S/C42H65N13O11S2/c1-4-22(2)34-41(65)52-28(18-33(58)47-3)38(62)51-27(17-31(45)56)37(61)53-29(21-68-67-20-24(44)35(59)50-26(39(63)54-34)16-23-10-6-5-7-11-23)42(66)55-15-9-13-30(55)40(64)49-25(12-8-14-43)36(60)48-19-32(46)57/h5-7,10-11,22,24-30,34H,4,8-9,12-21,43-44H2,1-3H3,(H2,45,56)(H2,46,57)(H,47,58)(H,48,60)(H,49,64)(H,50,59)(H,51,62)(H,52,65)(H,53,61)(H,54,63)/t22-,24-,25-,26-,27-,28-,29-,30-,34-/m0/s1. The van der Waals surface area contributed by atoms with E-state index in [9.17, 15) is 52.7 Å². The third-order valence-electron chi connectivity index (χ3n) is 11.2. The van der Waals surface area contributed by atoms with Gasteiger partial charge in [-0.05, 0) is 43.7 Å². The Bertz CT molecular complexity index is 1980. The minimum absolute atomic E-state index is 0.000673. The summed E-state index contributed by atoms with van der Waals surface area (Å²) in [5, 5.41) is 20.2. The molecule has 376 valence electrons. The van der Waals surface area contributed by atoms with Crippen molar-refractivity contribution < 1.29 is 52.7 Å². The third kappa shape index (κ3) is 17.9. The maximum Gasteiger partial charge on any atom is 0.246 e. The van der Waals surface area contributed by atoms with Gasteiger partial charge in [-0.2, -0.15) is 0 Å². The van der Waals surface area contributed by atoms with Gasteiger partial charge in [0, 0.05) is 31.5 Å². The summed E-state index contributed by atoms with van der Waals surface area (Å²) < 4.78 is 0. The van der Waals surface area contributed by atoms with Gasteiger partial charge in [-0.1, -0.05) is 72.2 Å². The molecule has 16 N–H and O–H groups in total. The fourth-order valence-corrected chi connectivity index (χ4v) is 9.43. The van der Waals surface area contributed by atoms with Crippen LogP contribution in [0.15, 0.2) is 30.3 Å². The molecule has 11 amide bonds. The van der Waals surface area contributed by atoms with E-state index in [4.69, 9.17) is 22.9 Å². The molecule has 68 heavy (non-hydrogen) atoms. The maximum absolute atomic E-state index is 14.5. The predicted octanol–water partition coefficient (Wildman–Crippen LogP) is -4.75. The minimum atomic E-state index is -1.76. The number of rotatable bonds is 17. The molecule has 2 fully saturated rings. The van der Waals surface area contributed by atoms with Crippen molar-refractivity contribution >= 4 is 86.6 Å². The van der Waals surface area contributed by atoms with E-state index in [2.05, 4.69) is 42.5 Å². The van der Waals surface area contributed by atoms with Gasteiger partial charge in [0.15, 0.2) is 0 Å². The van der Waals surface area contributed by atoms with E-state index in [-0.39, 0.29) is 43.9 Å². The molecule has 24 nitrogen and oxygen atoms in total. The average Bonchev–Trinajstić information content (AvgIpc) is 3.81. The summed E-state index contributed by atoms with van der Waals surface area (Å²) >= 11 is 0. The molecular formula is C42H65N13O11S2. The van der Waals surface area contributed by atoms with E-state index in [0.717, 1.165) is 21.6 Å². The molecule has 0 radical (unpaired) electrons. The van der Waals surface area contributed by atoms with E-state index in [0.29, 0.717) is 24.8 Å². The highest BCUT2D eigenvalue weighted by Gasteiger charge is 2.41. The van der Waals surface area contributed by atoms with E-state index in [1.165, 1.54) is 11.9 Å². The number of primary amides is 2. The molecule has 0 saturated carbocycles. The molecule has 0 aromatic heterocycles. The van der Waals surface area contributed by atoms with Crippen LogP contribution >= 0.6 is 21.6 Å². The molecule has 0 unspecified atom stereocenters. The second kappa shape index (κ2) is 28.4. The summed E-state index contributed by atoms with van der Waals surface area (Å²) in [6.07, 6.45) is -0.168. The van der Waals surface area contributed by atoms with Crippen molar-refractivity contribution in [1.82, 2.24) is 47.4 Å². The number of carbonyl (C=O) groups excluding carboxylic acids is 11. The Morgan fingerprint density at radius 3 is 2.06 bits per heavy atom.